The summed E-state index contributed by atoms with van der Waals surface area (Å²) in [5, 5.41) is 13.3. The second kappa shape index (κ2) is 9.84. The molecule has 2 heterocycles. The van der Waals surface area contributed by atoms with Gasteiger partial charge in [0, 0.05) is 23.2 Å². The molecule has 4 aromatic rings. The molecule has 0 aliphatic carbocycles. The van der Waals surface area contributed by atoms with Gasteiger partial charge in [0.15, 0.2) is 0 Å². The third-order valence-electron chi connectivity index (χ3n) is 5.39. The van der Waals surface area contributed by atoms with Gasteiger partial charge in [0.25, 0.3) is 5.91 Å². The van der Waals surface area contributed by atoms with Crippen LogP contribution < -0.4 is 15.8 Å². The van der Waals surface area contributed by atoms with Gasteiger partial charge >= 0.3 is 5.97 Å². The molecule has 0 aliphatic heterocycles. The summed E-state index contributed by atoms with van der Waals surface area (Å²) in [6.07, 6.45) is 1.27. The highest BCUT2D eigenvalue weighted by atomic mass is 35.5. The van der Waals surface area contributed by atoms with Gasteiger partial charge in [0.1, 0.15) is 34.1 Å². The lowest BCUT2D eigenvalue weighted by Gasteiger charge is -2.16. The Labute approximate surface area is 204 Å². The standard InChI is InChI=1S/C24H23ClN4O4S/c1-13(24(31)32)27-11-15-7-8-18-19(9-15)29(12-28-18)21-10-20(22(34-21)23(26)30)33-14(2)16-5-3-4-6-17(16)25/h3-10,12-14,27H,11H2,1-2H3,(H2,26,30)(H,31,32)/t13-,14+/m0/s1. The summed E-state index contributed by atoms with van der Waals surface area (Å²) >= 11 is 7.50. The van der Waals surface area contributed by atoms with Gasteiger partial charge in [-0.25, -0.2) is 4.98 Å². The van der Waals surface area contributed by atoms with Crippen LogP contribution in [0.25, 0.3) is 16.0 Å². The zero-order chi connectivity index (χ0) is 24.4. The topological polar surface area (TPSA) is 119 Å². The number of carbonyl (C=O) groups is 2. The Hall–Kier alpha value is -3.40. The van der Waals surface area contributed by atoms with Crippen LogP contribution in [-0.2, 0) is 11.3 Å². The molecule has 0 aliphatic rings. The van der Waals surface area contributed by atoms with Crippen LogP contribution >= 0.6 is 22.9 Å². The number of imidazole rings is 1. The van der Waals surface area contributed by atoms with E-state index in [9.17, 15) is 9.59 Å². The van der Waals surface area contributed by atoms with E-state index in [1.165, 1.54) is 11.3 Å². The number of carbonyl (C=O) groups excluding carboxylic acids is 1. The fourth-order valence-corrected chi connectivity index (χ4v) is 4.71. The number of ether oxygens (including phenoxy) is 1. The summed E-state index contributed by atoms with van der Waals surface area (Å²) in [5.41, 5.74) is 8.91. The van der Waals surface area contributed by atoms with E-state index in [0.29, 0.717) is 27.2 Å². The van der Waals surface area contributed by atoms with Gasteiger partial charge < -0.3 is 20.9 Å². The van der Waals surface area contributed by atoms with Crippen LogP contribution in [0.4, 0.5) is 0 Å². The highest BCUT2D eigenvalue weighted by molar-refractivity contribution is 7.16. The largest absolute Gasteiger partial charge is 0.484 e. The van der Waals surface area contributed by atoms with E-state index in [4.69, 9.17) is 27.2 Å². The SMILES string of the molecule is C[C@H](NCc1ccc2ncn(-c3cc(O[C@H](C)c4ccccc4Cl)c(C(N)=O)s3)c2c1)C(=O)O. The fraction of sp³-hybridized carbons (Fsp3) is 0.208. The summed E-state index contributed by atoms with van der Waals surface area (Å²) in [6, 6.07) is 14.1. The van der Waals surface area contributed by atoms with E-state index in [1.807, 2.05) is 47.9 Å². The highest BCUT2D eigenvalue weighted by Crippen LogP contribution is 2.37. The molecule has 2 aromatic carbocycles. The van der Waals surface area contributed by atoms with Gasteiger partial charge in [-0.1, -0.05) is 35.9 Å². The van der Waals surface area contributed by atoms with Crippen molar-refractivity contribution in [2.45, 2.75) is 32.5 Å². The number of aromatic nitrogens is 2. The van der Waals surface area contributed by atoms with Crippen molar-refractivity contribution in [3.63, 3.8) is 0 Å². The number of carboxylic acid groups (broad SMARTS) is 1. The minimum atomic E-state index is -0.915. The normalized spacial score (nSPS) is 13.0. The maximum absolute atomic E-state index is 12.2. The third-order valence-corrected chi connectivity index (χ3v) is 6.86. The van der Waals surface area contributed by atoms with Crippen molar-refractivity contribution in [3.05, 3.63) is 75.9 Å². The highest BCUT2D eigenvalue weighted by Gasteiger charge is 2.21. The summed E-state index contributed by atoms with van der Waals surface area (Å²) < 4.78 is 7.95. The molecule has 4 N–H and O–H groups in total. The van der Waals surface area contributed by atoms with E-state index >= 15 is 0 Å². The molecular weight excluding hydrogens is 476 g/mol. The molecule has 2 atom stereocenters. The third kappa shape index (κ3) is 4.91. The molecule has 1 amide bonds. The number of primary amides is 1. The predicted molar refractivity (Wildman–Crippen MR) is 132 cm³/mol. The van der Waals surface area contributed by atoms with Crippen LogP contribution in [0.3, 0.4) is 0 Å². The Morgan fingerprint density at radius 2 is 2.00 bits per heavy atom. The van der Waals surface area contributed by atoms with Crippen LogP contribution in [0, 0.1) is 0 Å². The molecule has 0 saturated carbocycles. The summed E-state index contributed by atoms with van der Waals surface area (Å²) in [7, 11) is 0. The van der Waals surface area contributed by atoms with Gasteiger partial charge in [-0.15, -0.1) is 11.3 Å². The number of hydrogen-bond donors (Lipinski definition) is 3. The monoisotopic (exact) mass is 498 g/mol. The first-order valence-electron chi connectivity index (χ1n) is 10.5. The maximum Gasteiger partial charge on any atom is 0.320 e. The van der Waals surface area contributed by atoms with E-state index in [2.05, 4.69) is 10.3 Å². The molecule has 0 bridgehead atoms. The number of carboxylic acids is 1. The van der Waals surface area contributed by atoms with Crippen molar-refractivity contribution < 1.29 is 19.4 Å². The number of amides is 1. The molecule has 8 nitrogen and oxygen atoms in total. The Balaban J connectivity index is 1.66. The van der Waals surface area contributed by atoms with Gasteiger partial charge in [0.2, 0.25) is 0 Å². The summed E-state index contributed by atoms with van der Waals surface area (Å²) in [5.74, 6) is -1.13. The molecule has 2 aromatic heterocycles. The predicted octanol–water partition coefficient (Wildman–Crippen LogP) is 4.54. The van der Waals surface area contributed by atoms with Gasteiger partial charge in [0.05, 0.1) is 11.0 Å². The minimum absolute atomic E-state index is 0.295. The molecular formula is C24H23ClN4O4S. The van der Waals surface area contributed by atoms with Crippen molar-refractivity contribution in [2.24, 2.45) is 5.73 Å². The number of nitrogens with two attached hydrogens (primary N) is 1. The smallest absolute Gasteiger partial charge is 0.320 e. The van der Waals surface area contributed by atoms with Gasteiger partial charge in [-0.3, -0.25) is 14.2 Å². The number of hydrogen-bond acceptors (Lipinski definition) is 6. The van der Waals surface area contributed by atoms with E-state index in [1.54, 1.807) is 25.4 Å². The molecule has 0 radical (unpaired) electrons. The van der Waals surface area contributed by atoms with Crippen molar-refractivity contribution in [2.75, 3.05) is 0 Å². The quantitative estimate of drug-likeness (QED) is 0.311. The van der Waals surface area contributed by atoms with Crippen molar-refractivity contribution in [1.82, 2.24) is 14.9 Å². The molecule has 0 saturated heterocycles. The number of fused-ring (bicyclic) bond motifs is 1. The van der Waals surface area contributed by atoms with Gasteiger partial charge in [-0.05, 0) is 37.6 Å². The number of rotatable bonds is 9. The Bertz CT molecular complexity index is 1370. The van der Waals surface area contributed by atoms with E-state index in [-0.39, 0.29) is 0 Å². The van der Waals surface area contributed by atoms with Crippen LogP contribution in [-0.4, -0.2) is 32.6 Å². The maximum atomic E-state index is 12.2. The zero-order valence-electron chi connectivity index (χ0n) is 18.5. The average Bonchev–Trinajstić information content (AvgIpc) is 3.41. The van der Waals surface area contributed by atoms with Crippen molar-refractivity contribution in [3.8, 4) is 10.8 Å². The first-order chi connectivity index (χ1) is 16.2. The van der Waals surface area contributed by atoms with Gasteiger partial charge in [-0.2, -0.15) is 0 Å². The fourth-order valence-electron chi connectivity index (χ4n) is 3.50. The number of nitrogens with zero attached hydrogens (tertiary/aromatic N) is 2. The number of benzene rings is 2. The second-order valence-corrected chi connectivity index (χ2v) is 9.24. The molecule has 0 fully saturated rings. The summed E-state index contributed by atoms with van der Waals surface area (Å²) in [6.45, 7) is 3.83. The van der Waals surface area contributed by atoms with Crippen molar-refractivity contribution >= 4 is 45.8 Å². The van der Waals surface area contributed by atoms with Crippen LogP contribution in [0.2, 0.25) is 5.02 Å². The molecule has 0 spiro atoms. The number of aliphatic carboxylic acids is 1. The lowest BCUT2D eigenvalue weighted by Crippen LogP contribution is -2.33. The first kappa shape index (κ1) is 23.7. The minimum Gasteiger partial charge on any atom is -0.484 e. The zero-order valence-corrected chi connectivity index (χ0v) is 20.1. The lowest BCUT2D eigenvalue weighted by atomic mass is 10.1. The Kier molecular flexibility index (Phi) is 6.87. The Morgan fingerprint density at radius 1 is 1.24 bits per heavy atom. The van der Waals surface area contributed by atoms with Crippen LogP contribution in [0.5, 0.6) is 5.75 Å². The number of thiophene rings is 1. The van der Waals surface area contributed by atoms with Crippen LogP contribution in [0.15, 0.2) is 54.9 Å². The average molecular weight is 499 g/mol. The first-order valence-corrected chi connectivity index (χ1v) is 11.7. The van der Waals surface area contributed by atoms with Crippen molar-refractivity contribution in [1.29, 1.82) is 0 Å². The Morgan fingerprint density at radius 3 is 2.71 bits per heavy atom. The van der Waals surface area contributed by atoms with E-state index in [0.717, 1.165) is 22.2 Å². The number of nitrogens with one attached hydrogen (secondary N) is 1. The van der Waals surface area contributed by atoms with Crippen LogP contribution in [0.1, 0.15) is 40.8 Å². The van der Waals surface area contributed by atoms with E-state index < -0.39 is 24.0 Å². The molecule has 0 unspecified atom stereocenters. The molecule has 34 heavy (non-hydrogen) atoms. The summed E-state index contributed by atoms with van der Waals surface area (Å²) in [4.78, 5) is 28.0. The molecule has 176 valence electrons. The second-order valence-electron chi connectivity index (χ2n) is 7.80. The molecule has 10 heteroatoms. The molecule has 4 rings (SSSR count). The number of halogens is 1. The lowest BCUT2D eigenvalue weighted by molar-refractivity contribution is -0.139.